The van der Waals surface area contributed by atoms with Crippen LogP contribution in [-0.4, -0.2) is 31.2 Å². The summed E-state index contributed by atoms with van der Waals surface area (Å²) in [6.45, 7) is 10.8. The first-order valence-electron chi connectivity index (χ1n) is 8.99. The molecule has 1 aliphatic heterocycles. The van der Waals surface area contributed by atoms with Gasteiger partial charge in [0, 0.05) is 24.7 Å². The van der Waals surface area contributed by atoms with Crippen LogP contribution < -0.4 is 9.47 Å². The summed E-state index contributed by atoms with van der Waals surface area (Å²) in [7, 11) is 0. The van der Waals surface area contributed by atoms with Crippen LogP contribution in [0, 0.1) is 0 Å². The van der Waals surface area contributed by atoms with Crippen LogP contribution in [0.2, 0.25) is 0 Å². The average molecular weight is 325 g/mol. The van der Waals surface area contributed by atoms with E-state index in [2.05, 4.69) is 36.1 Å². The minimum atomic E-state index is 0.651. The van der Waals surface area contributed by atoms with Crippen LogP contribution in [0.15, 0.2) is 36.4 Å². The number of rotatable bonds is 6. The summed E-state index contributed by atoms with van der Waals surface area (Å²) < 4.78 is 11.6. The van der Waals surface area contributed by atoms with Crippen molar-refractivity contribution in [3.63, 3.8) is 0 Å². The zero-order valence-corrected chi connectivity index (χ0v) is 15.0. The topological polar surface area (TPSA) is 21.7 Å². The molecule has 0 atom stereocenters. The van der Waals surface area contributed by atoms with Gasteiger partial charge in [-0.25, -0.2) is 0 Å². The van der Waals surface area contributed by atoms with E-state index in [-0.39, 0.29) is 0 Å². The quantitative estimate of drug-likeness (QED) is 0.779. The molecule has 0 bridgehead atoms. The Labute approximate surface area is 145 Å². The highest BCUT2D eigenvalue weighted by molar-refractivity contribution is 5.75. The smallest absolute Gasteiger partial charge is 0.130 e. The summed E-state index contributed by atoms with van der Waals surface area (Å²) in [5.41, 5.74) is 5.36. The molecule has 2 aromatic rings. The fraction of sp³-hybridized carbons (Fsp3) is 0.429. The molecule has 1 aliphatic rings. The number of ether oxygens (including phenoxy) is 2. The van der Waals surface area contributed by atoms with Gasteiger partial charge in [0.1, 0.15) is 11.5 Å². The van der Waals surface area contributed by atoms with Gasteiger partial charge in [-0.05, 0) is 55.6 Å². The highest BCUT2D eigenvalue weighted by atomic mass is 16.5. The van der Waals surface area contributed by atoms with Gasteiger partial charge in [-0.15, -0.1) is 0 Å². The van der Waals surface area contributed by atoms with E-state index in [0.29, 0.717) is 13.2 Å². The first-order valence-corrected chi connectivity index (χ1v) is 8.99. The van der Waals surface area contributed by atoms with Crippen LogP contribution in [0.1, 0.15) is 31.9 Å². The van der Waals surface area contributed by atoms with E-state index in [1.807, 2.05) is 26.0 Å². The number of nitrogens with zero attached hydrogens (tertiary/aromatic N) is 1. The molecule has 3 heteroatoms. The Morgan fingerprint density at radius 1 is 0.958 bits per heavy atom. The lowest BCUT2D eigenvalue weighted by atomic mass is 9.90. The average Bonchev–Trinajstić information content (AvgIpc) is 2.62. The van der Waals surface area contributed by atoms with E-state index >= 15 is 0 Å². The normalized spacial score (nSPS) is 14.3. The molecular weight excluding hydrogens is 298 g/mol. The highest BCUT2D eigenvalue weighted by Gasteiger charge is 2.20. The van der Waals surface area contributed by atoms with E-state index in [1.54, 1.807) is 0 Å². The summed E-state index contributed by atoms with van der Waals surface area (Å²) in [5.74, 6) is 1.77. The molecular formula is C21H27NO2. The molecule has 0 radical (unpaired) electrons. The van der Waals surface area contributed by atoms with Gasteiger partial charge in [0.05, 0.1) is 13.2 Å². The maximum absolute atomic E-state index is 5.93. The molecule has 1 heterocycles. The zero-order chi connectivity index (χ0) is 16.9. The van der Waals surface area contributed by atoms with Crippen molar-refractivity contribution < 1.29 is 9.47 Å². The molecule has 0 aromatic heterocycles. The van der Waals surface area contributed by atoms with Crippen LogP contribution in [0.3, 0.4) is 0 Å². The molecule has 0 amide bonds. The van der Waals surface area contributed by atoms with E-state index in [0.717, 1.165) is 43.1 Å². The fourth-order valence-electron chi connectivity index (χ4n) is 3.42. The van der Waals surface area contributed by atoms with E-state index < -0.39 is 0 Å². The summed E-state index contributed by atoms with van der Waals surface area (Å²) in [6, 6.07) is 12.8. The molecule has 128 valence electrons. The number of hydrogen-bond acceptors (Lipinski definition) is 3. The van der Waals surface area contributed by atoms with E-state index in [1.165, 1.54) is 16.7 Å². The summed E-state index contributed by atoms with van der Waals surface area (Å²) in [5, 5.41) is 0. The minimum absolute atomic E-state index is 0.651. The molecule has 0 unspecified atom stereocenters. The Kier molecular flexibility index (Phi) is 5.41. The van der Waals surface area contributed by atoms with Crippen molar-refractivity contribution in [1.82, 2.24) is 4.90 Å². The van der Waals surface area contributed by atoms with Crippen molar-refractivity contribution in [2.75, 3.05) is 26.3 Å². The van der Waals surface area contributed by atoms with Crippen LogP contribution in [0.25, 0.3) is 11.1 Å². The van der Waals surface area contributed by atoms with Gasteiger partial charge < -0.3 is 9.47 Å². The van der Waals surface area contributed by atoms with Gasteiger partial charge in [0.25, 0.3) is 0 Å². The molecule has 3 nitrogen and oxygen atoms in total. The first kappa shape index (κ1) is 16.8. The second-order valence-electron chi connectivity index (χ2n) is 6.09. The van der Waals surface area contributed by atoms with Gasteiger partial charge in [-0.2, -0.15) is 0 Å². The Hall–Kier alpha value is -2.00. The molecule has 0 fully saturated rings. The van der Waals surface area contributed by atoms with Gasteiger partial charge in [0.15, 0.2) is 0 Å². The zero-order valence-electron chi connectivity index (χ0n) is 15.0. The maximum atomic E-state index is 5.93. The van der Waals surface area contributed by atoms with Crippen molar-refractivity contribution in [3.05, 3.63) is 47.5 Å². The summed E-state index contributed by atoms with van der Waals surface area (Å²) in [4.78, 5) is 2.50. The molecule has 0 saturated carbocycles. The molecule has 3 rings (SSSR count). The maximum Gasteiger partial charge on any atom is 0.130 e. The predicted molar refractivity (Wildman–Crippen MR) is 98.9 cm³/mol. The van der Waals surface area contributed by atoms with Crippen molar-refractivity contribution in [2.45, 2.75) is 33.7 Å². The summed E-state index contributed by atoms with van der Waals surface area (Å²) in [6.07, 6.45) is 1.12. The molecule has 0 aliphatic carbocycles. The lowest BCUT2D eigenvalue weighted by Crippen LogP contribution is -2.30. The third-order valence-corrected chi connectivity index (χ3v) is 4.65. The standard InChI is InChI=1S/C21H27NO2/c1-4-22-13-12-16-8-7-9-18(20(16)15-22)19-11-10-17(23-5-2)14-21(19)24-6-3/h7-11,14H,4-6,12-13,15H2,1-3H3. The monoisotopic (exact) mass is 325 g/mol. The Morgan fingerprint density at radius 3 is 2.54 bits per heavy atom. The van der Waals surface area contributed by atoms with E-state index in [9.17, 15) is 0 Å². The Morgan fingerprint density at radius 2 is 1.79 bits per heavy atom. The van der Waals surface area contributed by atoms with Crippen molar-refractivity contribution in [2.24, 2.45) is 0 Å². The molecule has 0 spiro atoms. The largest absolute Gasteiger partial charge is 0.494 e. The lowest BCUT2D eigenvalue weighted by Gasteiger charge is -2.29. The van der Waals surface area contributed by atoms with Gasteiger partial charge >= 0.3 is 0 Å². The van der Waals surface area contributed by atoms with Gasteiger partial charge in [-0.3, -0.25) is 4.90 Å². The molecule has 2 aromatic carbocycles. The van der Waals surface area contributed by atoms with Crippen LogP contribution >= 0.6 is 0 Å². The molecule has 0 N–H and O–H groups in total. The Balaban J connectivity index is 2.05. The van der Waals surface area contributed by atoms with Crippen LogP contribution in [0.4, 0.5) is 0 Å². The number of benzene rings is 2. The van der Waals surface area contributed by atoms with E-state index in [4.69, 9.17) is 9.47 Å². The van der Waals surface area contributed by atoms with Crippen molar-refractivity contribution >= 4 is 0 Å². The van der Waals surface area contributed by atoms with Crippen LogP contribution in [-0.2, 0) is 13.0 Å². The number of hydrogen-bond donors (Lipinski definition) is 0. The van der Waals surface area contributed by atoms with Crippen molar-refractivity contribution in [3.8, 4) is 22.6 Å². The number of fused-ring (bicyclic) bond motifs is 1. The molecule has 24 heavy (non-hydrogen) atoms. The first-order chi connectivity index (χ1) is 11.8. The highest BCUT2D eigenvalue weighted by Crippen LogP contribution is 2.38. The lowest BCUT2D eigenvalue weighted by molar-refractivity contribution is 0.268. The second kappa shape index (κ2) is 7.71. The molecule has 0 saturated heterocycles. The summed E-state index contributed by atoms with van der Waals surface area (Å²) >= 11 is 0. The number of likely N-dealkylation sites (N-methyl/N-ethyl adjacent to an activating group) is 1. The van der Waals surface area contributed by atoms with Crippen LogP contribution in [0.5, 0.6) is 11.5 Å². The minimum Gasteiger partial charge on any atom is -0.494 e. The Bertz CT molecular complexity index is 696. The van der Waals surface area contributed by atoms with Gasteiger partial charge in [-0.1, -0.05) is 25.1 Å². The third kappa shape index (κ3) is 3.41. The predicted octanol–water partition coefficient (Wildman–Crippen LogP) is 4.53. The third-order valence-electron chi connectivity index (χ3n) is 4.65. The van der Waals surface area contributed by atoms with Gasteiger partial charge in [0.2, 0.25) is 0 Å². The van der Waals surface area contributed by atoms with Crippen molar-refractivity contribution in [1.29, 1.82) is 0 Å². The SMILES string of the molecule is CCOc1ccc(-c2cccc3c2CN(CC)CC3)c(OCC)c1. The second-order valence-corrected chi connectivity index (χ2v) is 6.09. The fourth-order valence-corrected chi connectivity index (χ4v) is 3.42.